The highest BCUT2D eigenvalue weighted by Crippen LogP contribution is 2.20. The molecule has 4 nitrogen and oxygen atoms in total. The molecule has 4 heteroatoms. The molecule has 0 bridgehead atoms. The molecule has 3 rings (SSSR count). The van der Waals surface area contributed by atoms with Crippen molar-refractivity contribution >= 4 is 10.8 Å². The van der Waals surface area contributed by atoms with Crippen molar-refractivity contribution in [3.05, 3.63) is 66.0 Å². The van der Waals surface area contributed by atoms with E-state index >= 15 is 0 Å². The van der Waals surface area contributed by atoms with Crippen LogP contribution in [-0.2, 0) is 19.2 Å². The average molecular weight is 295 g/mol. The van der Waals surface area contributed by atoms with E-state index in [-0.39, 0.29) is 0 Å². The first-order chi connectivity index (χ1) is 10.6. The fourth-order valence-corrected chi connectivity index (χ4v) is 2.69. The number of nitrogens with one attached hydrogen (secondary N) is 1. The number of aromatic nitrogens is 2. The van der Waals surface area contributed by atoms with Gasteiger partial charge in [0.2, 0.25) is 0 Å². The maximum absolute atomic E-state index is 10.6. The van der Waals surface area contributed by atoms with E-state index in [1.807, 2.05) is 19.3 Å². The lowest BCUT2D eigenvalue weighted by molar-refractivity contribution is 0.0566. The summed E-state index contributed by atoms with van der Waals surface area (Å²) in [4.78, 5) is 0. The number of hydrogen-bond acceptors (Lipinski definition) is 3. The molecule has 0 amide bonds. The van der Waals surface area contributed by atoms with Crippen LogP contribution in [0, 0.1) is 0 Å². The van der Waals surface area contributed by atoms with Crippen molar-refractivity contribution in [3.63, 3.8) is 0 Å². The van der Waals surface area contributed by atoms with E-state index < -0.39 is 5.60 Å². The Bertz CT molecular complexity index is 771. The fraction of sp³-hybridized carbons (Fsp3) is 0.278. The van der Waals surface area contributed by atoms with Crippen molar-refractivity contribution in [2.45, 2.75) is 19.1 Å². The number of aliphatic hydroxyl groups is 1. The summed E-state index contributed by atoms with van der Waals surface area (Å²) < 4.78 is 1.70. The van der Waals surface area contributed by atoms with Gasteiger partial charge >= 0.3 is 0 Å². The molecule has 1 heterocycles. The molecule has 0 saturated heterocycles. The Hall–Kier alpha value is -2.17. The van der Waals surface area contributed by atoms with Crippen LogP contribution < -0.4 is 5.32 Å². The Kier molecular flexibility index (Phi) is 3.96. The van der Waals surface area contributed by atoms with Gasteiger partial charge in [0.15, 0.2) is 0 Å². The molecule has 0 saturated carbocycles. The third-order valence-corrected chi connectivity index (χ3v) is 3.99. The number of nitrogens with zero attached hydrogens (tertiary/aromatic N) is 2. The molecule has 22 heavy (non-hydrogen) atoms. The van der Waals surface area contributed by atoms with Gasteiger partial charge in [-0.25, -0.2) is 0 Å². The Morgan fingerprint density at radius 2 is 1.95 bits per heavy atom. The maximum Gasteiger partial charge on any atom is 0.102 e. The monoisotopic (exact) mass is 295 g/mol. The van der Waals surface area contributed by atoms with Crippen LogP contribution in [0.2, 0.25) is 0 Å². The number of rotatable bonds is 5. The molecule has 0 aliphatic rings. The smallest absolute Gasteiger partial charge is 0.102 e. The van der Waals surface area contributed by atoms with E-state index in [2.05, 4.69) is 46.8 Å². The van der Waals surface area contributed by atoms with Gasteiger partial charge in [-0.05, 0) is 23.3 Å². The topological polar surface area (TPSA) is 50.1 Å². The highest BCUT2D eigenvalue weighted by atomic mass is 16.3. The Morgan fingerprint density at radius 1 is 1.18 bits per heavy atom. The van der Waals surface area contributed by atoms with E-state index in [1.165, 1.54) is 16.3 Å². The molecular weight excluding hydrogens is 274 g/mol. The first kappa shape index (κ1) is 14.8. The van der Waals surface area contributed by atoms with Gasteiger partial charge in [-0.3, -0.25) is 4.68 Å². The van der Waals surface area contributed by atoms with Crippen LogP contribution in [0.5, 0.6) is 0 Å². The third-order valence-electron chi connectivity index (χ3n) is 3.99. The van der Waals surface area contributed by atoms with Crippen LogP contribution in [0.15, 0.2) is 54.9 Å². The lowest BCUT2D eigenvalue weighted by atomic mass is 9.99. The summed E-state index contributed by atoms with van der Waals surface area (Å²) in [5.74, 6) is 0. The van der Waals surface area contributed by atoms with Gasteiger partial charge in [0.1, 0.15) is 5.60 Å². The molecule has 2 aromatic carbocycles. The van der Waals surface area contributed by atoms with Gasteiger partial charge in [0.05, 0.1) is 6.20 Å². The quantitative estimate of drug-likeness (QED) is 0.760. The van der Waals surface area contributed by atoms with E-state index in [0.717, 1.165) is 12.1 Å². The molecule has 1 aromatic heterocycles. The van der Waals surface area contributed by atoms with Gasteiger partial charge in [0.25, 0.3) is 0 Å². The molecule has 2 N–H and O–H groups in total. The van der Waals surface area contributed by atoms with Crippen molar-refractivity contribution in [1.82, 2.24) is 15.1 Å². The van der Waals surface area contributed by atoms with E-state index in [9.17, 15) is 5.11 Å². The normalized spacial score (nSPS) is 14.1. The molecule has 1 unspecified atom stereocenters. The van der Waals surface area contributed by atoms with Crippen LogP contribution in [0.25, 0.3) is 10.8 Å². The van der Waals surface area contributed by atoms with Crippen LogP contribution in [0.3, 0.4) is 0 Å². The average Bonchev–Trinajstić information content (AvgIpc) is 2.95. The minimum absolute atomic E-state index is 0.474. The zero-order valence-corrected chi connectivity index (χ0v) is 13.0. The second-order valence-electron chi connectivity index (χ2n) is 5.92. The van der Waals surface area contributed by atoms with Crippen LogP contribution in [-0.4, -0.2) is 21.4 Å². The van der Waals surface area contributed by atoms with Crippen molar-refractivity contribution in [2.75, 3.05) is 6.54 Å². The fourth-order valence-electron chi connectivity index (χ4n) is 2.69. The first-order valence-corrected chi connectivity index (χ1v) is 7.45. The second kappa shape index (κ2) is 5.91. The summed E-state index contributed by atoms with van der Waals surface area (Å²) >= 11 is 0. The summed E-state index contributed by atoms with van der Waals surface area (Å²) in [5.41, 5.74) is 1.12. The van der Waals surface area contributed by atoms with Gasteiger partial charge in [0, 0.05) is 31.9 Å². The first-order valence-electron chi connectivity index (χ1n) is 7.45. The molecule has 114 valence electrons. The van der Waals surface area contributed by atoms with Crippen molar-refractivity contribution in [2.24, 2.45) is 7.05 Å². The number of hydrogen-bond donors (Lipinski definition) is 2. The maximum atomic E-state index is 10.6. The number of benzene rings is 2. The molecule has 1 atom stereocenters. The van der Waals surface area contributed by atoms with Gasteiger partial charge in [-0.1, -0.05) is 42.5 Å². The zero-order valence-electron chi connectivity index (χ0n) is 13.0. The lowest BCUT2D eigenvalue weighted by Crippen LogP contribution is -2.34. The molecule has 0 aliphatic heterocycles. The molecule has 0 spiro atoms. The molecule has 0 fully saturated rings. The number of aryl methyl sites for hydroxylation is 1. The van der Waals surface area contributed by atoms with Crippen molar-refractivity contribution in [1.29, 1.82) is 0 Å². The van der Waals surface area contributed by atoms with Crippen molar-refractivity contribution < 1.29 is 5.11 Å². The highest BCUT2D eigenvalue weighted by Gasteiger charge is 2.24. The summed E-state index contributed by atoms with van der Waals surface area (Å²) in [5, 5.41) is 20.5. The standard InChI is InChI=1S/C18H21N3O/c1-18(22,16-11-20-21(2)12-16)13-19-10-15-8-5-7-14-6-3-4-9-17(14)15/h3-9,11-12,19,22H,10,13H2,1-2H3. The third kappa shape index (κ3) is 3.03. The Labute approximate surface area is 130 Å². The minimum Gasteiger partial charge on any atom is -0.384 e. The molecule has 0 aliphatic carbocycles. The van der Waals surface area contributed by atoms with Gasteiger partial charge in [-0.15, -0.1) is 0 Å². The largest absolute Gasteiger partial charge is 0.384 e. The zero-order chi connectivity index (χ0) is 15.6. The predicted molar refractivity (Wildman–Crippen MR) is 88.4 cm³/mol. The second-order valence-corrected chi connectivity index (χ2v) is 5.92. The van der Waals surface area contributed by atoms with Crippen molar-refractivity contribution in [3.8, 4) is 0 Å². The Morgan fingerprint density at radius 3 is 2.73 bits per heavy atom. The van der Waals surface area contributed by atoms with Crippen LogP contribution in [0.1, 0.15) is 18.1 Å². The highest BCUT2D eigenvalue weighted by molar-refractivity contribution is 5.85. The van der Waals surface area contributed by atoms with E-state index in [0.29, 0.717) is 6.54 Å². The molecule has 0 radical (unpaired) electrons. The SMILES string of the molecule is Cn1cc(C(C)(O)CNCc2cccc3ccccc23)cn1. The lowest BCUT2D eigenvalue weighted by Gasteiger charge is -2.22. The van der Waals surface area contributed by atoms with Gasteiger partial charge < -0.3 is 10.4 Å². The summed E-state index contributed by atoms with van der Waals surface area (Å²) in [6.45, 7) is 3.00. The van der Waals surface area contributed by atoms with Gasteiger partial charge in [-0.2, -0.15) is 5.10 Å². The minimum atomic E-state index is -0.932. The molecular formula is C18H21N3O. The van der Waals surface area contributed by atoms with Crippen LogP contribution >= 0.6 is 0 Å². The van der Waals surface area contributed by atoms with Crippen LogP contribution in [0.4, 0.5) is 0 Å². The van der Waals surface area contributed by atoms with E-state index in [4.69, 9.17) is 0 Å². The summed E-state index contributed by atoms with van der Waals surface area (Å²) in [6.07, 6.45) is 3.55. The predicted octanol–water partition coefficient (Wildman–Crippen LogP) is 2.57. The number of fused-ring (bicyclic) bond motifs is 1. The summed E-state index contributed by atoms with van der Waals surface area (Å²) in [6, 6.07) is 14.7. The summed E-state index contributed by atoms with van der Waals surface area (Å²) in [7, 11) is 1.85. The Balaban J connectivity index is 1.70. The molecule has 3 aromatic rings. The van der Waals surface area contributed by atoms with E-state index in [1.54, 1.807) is 17.8 Å².